The van der Waals surface area contributed by atoms with Gasteiger partial charge in [0.15, 0.2) is 5.76 Å². The number of piperidine rings is 1. The van der Waals surface area contributed by atoms with E-state index in [-0.39, 0.29) is 40.6 Å². The zero-order valence-corrected chi connectivity index (χ0v) is 14.6. The summed E-state index contributed by atoms with van der Waals surface area (Å²) in [6.07, 6.45) is 2.65. The Bertz CT molecular complexity index is 866. The highest BCUT2D eigenvalue weighted by Gasteiger charge is 2.43. The van der Waals surface area contributed by atoms with E-state index in [1.54, 1.807) is 12.1 Å². The first-order valence-electron chi connectivity index (χ1n) is 8.49. The Labute approximate surface area is 154 Å². The minimum atomic E-state index is -0.521. The Hall–Kier alpha value is -2.38. The Kier molecular flexibility index (Phi) is 4.20. The first-order chi connectivity index (χ1) is 12.4. The van der Waals surface area contributed by atoms with Crippen molar-refractivity contribution in [2.24, 2.45) is 0 Å². The Balaban J connectivity index is 1.59. The summed E-state index contributed by atoms with van der Waals surface area (Å²) in [5, 5.41) is 20.9. The van der Waals surface area contributed by atoms with Gasteiger partial charge in [-0.05, 0) is 43.9 Å². The van der Waals surface area contributed by atoms with Crippen LogP contribution in [0.1, 0.15) is 36.2 Å². The van der Waals surface area contributed by atoms with Crippen molar-refractivity contribution in [2.45, 2.75) is 43.9 Å². The van der Waals surface area contributed by atoms with Crippen molar-refractivity contribution in [1.29, 1.82) is 0 Å². The molecule has 2 bridgehead atoms. The summed E-state index contributed by atoms with van der Waals surface area (Å²) < 4.78 is 5.71. The molecule has 0 saturated carbocycles. The monoisotopic (exact) mass is 376 g/mol. The number of aliphatic hydroxyl groups is 1. The number of furan rings is 1. The van der Waals surface area contributed by atoms with Gasteiger partial charge in [0.2, 0.25) is 0 Å². The van der Waals surface area contributed by atoms with Crippen LogP contribution in [0.2, 0.25) is 5.02 Å². The number of fused-ring (bicyclic) bond motifs is 2. The summed E-state index contributed by atoms with van der Waals surface area (Å²) in [5.41, 5.74) is 0.387. The molecule has 2 unspecified atom stereocenters. The lowest BCUT2D eigenvalue weighted by atomic mass is 9.99. The number of carbonyl (C=O) groups excluding carboxylic acids is 1. The summed E-state index contributed by atoms with van der Waals surface area (Å²) in [5.74, 6) is 0.411. The van der Waals surface area contributed by atoms with E-state index in [0.29, 0.717) is 24.2 Å². The van der Waals surface area contributed by atoms with E-state index in [2.05, 4.69) is 0 Å². The quantitative estimate of drug-likeness (QED) is 0.651. The van der Waals surface area contributed by atoms with E-state index in [1.807, 2.05) is 4.90 Å². The van der Waals surface area contributed by atoms with E-state index in [4.69, 9.17) is 16.0 Å². The van der Waals surface area contributed by atoms with Crippen LogP contribution in [0.15, 0.2) is 34.7 Å². The van der Waals surface area contributed by atoms with Gasteiger partial charge in [-0.25, -0.2) is 0 Å². The van der Waals surface area contributed by atoms with Crippen molar-refractivity contribution >= 4 is 23.2 Å². The van der Waals surface area contributed by atoms with Crippen molar-refractivity contribution in [3.05, 3.63) is 51.2 Å². The van der Waals surface area contributed by atoms with Crippen LogP contribution in [0.4, 0.5) is 5.69 Å². The van der Waals surface area contributed by atoms with Gasteiger partial charge in [-0.15, -0.1) is 0 Å². The number of nitro groups is 1. The number of nitrogens with zero attached hydrogens (tertiary/aromatic N) is 2. The topological polar surface area (TPSA) is 96.8 Å². The normalized spacial score (nSPS) is 24.7. The summed E-state index contributed by atoms with van der Waals surface area (Å²) in [6, 6.07) is 7.44. The predicted octanol–water partition coefficient (Wildman–Crippen LogP) is 3.64. The van der Waals surface area contributed by atoms with Crippen LogP contribution in [-0.2, 0) is 0 Å². The molecule has 0 radical (unpaired) electrons. The van der Waals surface area contributed by atoms with Gasteiger partial charge < -0.3 is 14.4 Å². The van der Waals surface area contributed by atoms with Gasteiger partial charge >= 0.3 is 0 Å². The molecule has 2 aliphatic rings. The van der Waals surface area contributed by atoms with Crippen molar-refractivity contribution in [3.63, 3.8) is 0 Å². The third-order valence-corrected chi connectivity index (χ3v) is 5.50. The first kappa shape index (κ1) is 17.1. The van der Waals surface area contributed by atoms with E-state index in [1.165, 1.54) is 18.2 Å². The molecular weight excluding hydrogens is 360 g/mol. The van der Waals surface area contributed by atoms with Gasteiger partial charge in [0, 0.05) is 29.8 Å². The number of rotatable bonds is 3. The molecule has 2 fully saturated rings. The molecule has 2 aliphatic heterocycles. The number of benzene rings is 1. The number of aliphatic hydroxyl groups excluding tert-OH is 1. The number of hydrogen-bond acceptors (Lipinski definition) is 5. The molecule has 8 heteroatoms. The standard InChI is InChI=1S/C18H17ClN2O5/c19-15-9-12(21(24)25)3-4-14(15)16-5-6-17(26-16)18(23)20-10-1-2-11(20)8-13(22)7-10/h3-6,9-11,13,22H,1-2,7-8H2. The van der Waals surface area contributed by atoms with Crippen LogP contribution in [0.5, 0.6) is 0 Å². The zero-order chi connectivity index (χ0) is 18.4. The zero-order valence-electron chi connectivity index (χ0n) is 13.8. The van der Waals surface area contributed by atoms with Crippen LogP contribution in [0.25, 0.3) is 11.3 Å². The highest BCUT2D eigenvalue weighted by molar-refractivity contribution is 6.33. The number of carbonyl (C=O) groups is 1. The maximum atomic E-state index is 12.9. The molecule has 2 atom stereocenters. The molecule has 136 valence electrons. The second-order valence-corrected chi connectivity index (χ2v) is 7.22. The molecule has 1 aromatic carbocycles. The first-order valence-corrected chi connectivity index (χ1v) is 8.86. The number of hydrogen-bond donors (Lipinski definition) is 1. The van der Waals surface area contributed by atoms with Gasteiger partial charge in [-0.3, -0.25) is 14.9 Å². The minimum Gasteiger partial charge on any atom is -0.451 e. The number of non-ortho nitro benzene ring substituents is 1. The third-order valence-electron chi connectivity index (χ3n) is 5.19. The minimum absolute atomic E-state index is 0.0489. The molecule has 26 heavy (non-hydrogen) atoms. The average Bonchev–Trinajstić information content (AvgIpc) is 3.18. The highest BCUT2D eigenvalue weighted by Crippen LogP contribution is 2.38. The molecule has 1 amide bonds. The van der Waals surface area contributed by atoms with Gasteiger partial charge in [0.05, 0.1) is 16.0 Å². The molecule has 2 aromatic rings. The second-order valence-electron chi connectivity index (χ2n) is 6.81. The predicted molar refractivity (Wildman–Crippen MR) is 94.0 cm³/mol. The Morgan fingerprint density at radius 1 is 1.23 bits per heavy atom. The molecule has 2 saturated heterocycles. The SMILES string of the molecule is O=C(c1ccc(-c2ccc([N+](=O)[O-])cc2Cl)o1)N1C2CCC1CC(O)C2. The molecule has 0 spiro atoms. The summed E-state index contributed by atoms with van der Waals surface area (Å²) >= 11 is 6.13. The fraction of sp³-hybridized carbons (Fsp3) is 0.389. The van der Waals surface area contributed by atoms with Gasteiger partial charge in [-0.1, -0.05) is 11.6 Å². The van der Waals surface area contributed by atoms with Gasteiger partial charge in [-0.2, -0.15) is 0 Å². The van der Waals surface area contributed by atoms with E-state index in [9.17, 15) is 20.0 Å². The molecule has 7 nitrogen and oxygen atoms in total. The molecule has 1 N–H and O–H groups in total. The molecular formula is C18H17ClN2O5. The van der Waals surface area contributed by atoms with E-state index >= 15 is 0 Å². The summed E-state index contributed by atoms with van der Waals surface area (Å²) in [7, 11) is 0. The third kappa shape index (κ3) is 2.87. The smallest absolute Gasteiger partial charge is 0.290 e. The maximum absolute atomic E-state index is 12.9. The van der Waals surface area contributed by atoms with Crippen molar-refractivity contribution < 1.29 is 19.2 Å². The second kappa shape index (κ2) is 6.41. The van der Waals surface area contributed by atoms with Crippen molar-refractivity contribution in [3.8, 4) is 11.3 Å². The summed E-state index contributed by atoms with van der Waals surface area (Å²) in [6.45, 7) is 0. The Morgan fingerprint density at radius 2 is 1.92 bits per heavy atom. The largest absolute Gasteiger partial charge is 0.451 e. The van der Waals surface area contributed by atoms with E-state index in [0.717, 1.165) is 12.8 Å². The lowest BCUT2D eigenvalue weighted by molar-refractivity contribution is -0.384. The van der Waals surface area contributed by atoms with E-state index < -0.39 is 4.92 Å². The fourth-order valence-electron chi connectivity index (χ4n) is 4.02. The average molecular weight is 377 g/mol. The lowest BCUT2D eigenvalue weighted by Crippen LogP contribution is -2.47. The van der Waals surface area contributed by atoms with Gasteiger partial charge in [0.25, 0.3) is 11.6 Å². The van der Waals surface area contributed by atoms with Crippen LogP contribution < -0.4 is 0 Å². The van der Waals surface area contributed by atoms with Crippen molar-refractivity contribution in [1.82, 2.24) is 4.90 Å². The van der Waals surface area contributed by atoms with Crippen LogP contribution in [0, 0.1) is 10.1 Å². The maximum Gasteiger partial charge on any atom is 0.290 e. The highest BCUT2D eigenvalue weighted by atomic mass is 35.5. The molecule has 3 heterocycles. The molecule has 0 aliphatic carbocycles. The fourth-order valence-corrected chi connectivity index (χ4v) is 4.29. The number of nitro benzene ring substituents is 1. The number of amides is 1. The summed E-state index contributed by atoms with van der Waals surface area (Å²) in [4.78, 5) is 25.0. The molecule has 4 rings (SSSR count). The van der Waals surface area contributed by atoms with Crippen LogP contribution >= 0.6 is 11.6 Å². The number of halogens is 1. The molecule has 1 aromatic heterocycles. The van der Waals surface area contributed by atoms with Crippen molar-refractivity contribution in [2.75, 3.05) is 0 Å². The Morgan fingerprint density at radius 3 is 2.54 bits per heavy atom. The van der Waals surface area contributed by atoms with Gasteiger partial charge in [0.1, 0.15) is 5.76 Å². The van der Waals surface area contributed by atoms with Crippen LogP contribution in [0.3, 0.4) is 0 Å². The lowest BCUT2D eigenvalue weighted by Gasteiger charge is -2.36. The van der Waals surface area contributed by atoms with Crippen LogP contribution in [-0.4, -0.2) is 39.0 Å².